The second-order valence-electron chi connectivity index (χ2n) is 6.34. The van der Waals surface area contributed by atoms with Crippen LogP contribution in [0.2, 0.25) is 0 Å². The Kier molecular flexibility index (Phi) is 7.34. The number of hydrogen-bond acceptors (Lipinski definition) is 5. The molecule has 0 saturated carbocycles. The maximum atomic E-state index is 12.3. The maximum Gasteiger partial charge on any atom is 0.344 e. The van der Waals surface area contributed by atoms with E-state index >= 15 is 0 Å². The fraction of sp³-hybridized carbons (Fsp3) is 0.0870. The van der Waals surface area contributed by atoms with Crippen LogP contribution in [0.5, 0.6) is 11.5 Å². The Hall–Kier alpha value is -3.45. The molecule has 3 aromatic carbocycles. The minimum absolute atomic E-state index is 0.148. The molecule has 0 heterocycles. The van der Waals surface area contributed by atoms with Crippen molar-refractivity contribution in [3.8, 4) is 11.5 Å². The lowest BCUT2D eigenvalue weighted by Gasteiger charge is -2.07. The summed E-state index contributed by atoms with van der Waals surface area (Å²) in [5, 5.41) is 3.91. The molecule has 0 saturated heterocycles. The van der Waals surface area contributed by atoms with Gasteiger partial charge in [0.25, 0.3) is 5.91 Å². The topological polar surface area (TPSA) is 77.0 Å². The number of nitrogens with one attached hydrogen (secondary N) is 1. The SMILES string of the molecule is Cc1cccc(OCC(=O)N/N=C\c2cccc(OC(=O)c3ccccc3Br)c2)c1. The number of rotatable bonds is 7. The highest BCUT2D eigenvalue weighted by atomic mass is 79.9. The van der Waals surface area contributed by atoms with Crippen LogP contribution >= 0.6 is 15.9 Å². The monoisotopic (exact) mass is 466 g/mol. The lowest BCUT2D eigenvalue weighted by Crippen LogP contribution is -2.24. The van der Waals surface area contributed by atoms with Gasteiger partial charge in [-0.05, 0) is 70.4 Å². The first-order chi connectivity index (χ1) is 14.5. The third-order valence-electron chi connectivity index (χ3n) is 3.92. The van der Waals surface area contributed by atoms with Crippen LogP contribution in [0.1, 0.15) is 21.5 Å². The number of amides is 1. The van der Waals surface area contributed by atoms with Crippen molar-refractivity contribution in [1.29, 1.82) is 0 Å². The lowest BCUT2D eigenvalue weighted by atomic mass is 10.2. The van der Waals surface area contributed by atoms with E-state index in [0.717, 1.165) is 5.56 Å². The largest absolute Gasteiger partial charge is 0.484 e. The van der Waals surface area contributed by atoms with Gasteiger partial charge in [0, 0.05) is 4.47 Å². The molecule has 1 N–H and O–H groups in total. The smallest absolute Gasteiger partial charge is 0.344 e. The van der Waals surface area contributed by atoms with Crippen molar-refractivity contribution in [2.45, 2.75) is 6.92 Å². The molecule has 0 aliphatic heterocycles. The van der Waals surface area contributed by atoms with Crippen LogP contribution in [0.3, 0.4) is 0 Å². The minimum Gasteiger partial charge on any atom is -0.484 e. The van der Waals surface area contributed by atoms with Crippen molar-refractivity contribution in [3.05, 3.63) is 94.0 Å². The van der Waals surface area contributed by atoms with Gasteiger partial charge in [-0.2, -0.15) is 5.10 Å². The molecule has 152 valence electrons. The van der Waals surface area contributed by atoms with Crippen LogP contribution in [0, 0.1) is 6.92 Å². The lowest BCUT2D eigenvalue weighted by molar-refractivity contribution is -0.123. The van der Waals surface area contributed by atoms with E-state index in [-0.39, 0.29) is 12.5 Å². The van der Waals surface area contributed by atoms with Gasteiger partial charge in [-0.25, -0.2) is 10.2 Å². The Balaban J connectivity index is 1.53. The number of nitrogens with zero attached hydrogens (tertiary/aromatic N) is 1. The molecule has 0 radical (unpaired) electrons. The molecule has 0 aromatic heterocycles. The third-order valence-corrected chi connectivity index (χ3v) is 4.62. The summed E-state index contributed by atoms with van der Waals surface area (Å²) in [5.74, 6) is 0.130. The Morgan fingerprint density at radius 3 is 2.57 bits per heavy atom. The summed E-state index contributed by atoms with van der Waals surface area (Å²) in [4.78, 5) is 24.2. The minimum atomic E-state index is -0.474. The van der Waals surface area contributed by atoms with Gasteiger partial charge >= 0.3 is 5.97 Å². The van der Waals surface area contributed by atoms with E-state index in [1.807, 2.05) is 31.2 Å². The fourth-order valence-corrected chi connectivity index (χ4v) is 2.96. The van der Waals surface area contributed by atoms with Crippen molar-refractivity contribution in [1.82, 2.24) is 5.43 Å². The van der Waals surface area contributed by atoms with Crippen molar-refractivity contribution >= 4 is 34.0 Å². The number of esters is 1. The Morgan fingerprint density at radius 2 is 1.77 bits per heavy atom. The number of benzene rings is 3. The van der Waals surface area contributed by atoms with E-state index in [9.17, 15) is 9.59 Å². The number of hydrogen-bond donors (Lipinski definition) is 1. The molecule has 6 nitrogen and oxygen atoms in total. The van der Waals surface area contributed by atoms with Crippen LogP contribution in [-0.4, -0.2) is 24.7 Å². The Bertz CT molecular complexity index is 1080. The molecule has 7 heteroatoms. The van der Waals surface area contributed by atoms with Crippen molar-refractivity contribution in [2.75, 3.05) is 6.61 Å². The van der Waals surface area contributed by atoms with E-state index in [1.54, 1.807) is 48.5 Å². The summed E-state index contributed by atoms with van der Waals surface area (Å²) in [7, 11) is 0. The second-order valence-corrected chi connectivity index (χ2v) is 7.19. The number of halogens is 1. The van der Waals surface area contributed by atoms with Crippen LogP contribution in [0.25, 0.3) is 0 Å². The summed E-state index contributed by atoms with van der Waals surface area (Å²) >= 11 is 3.33. The quantitative estimate of drug-likeness (QED) is 0.240. The zero-order valence-corrected chi connectivity index (χ0v) is 17.8. The van der Waals surface area contributed by atoms with Gasteiger partial charge in [0.2, 0.25) is 0 Å². The van der Waals surface area contributed by atoms with Gasteiger partial charge in [0.05, 0.1) is 11.8 Å². The fourth-order valence-electron chi connectivity index (χ4n) is 2.51. The molecule has 0 fully saturated rings. The number of carbonyl (C=O) groups excluding carboxylic acids is 2. The highest BCUT2D eigenvalue weighted by Crippen LogP contribution is 2.19. The van der Waals surface area contributed by atoms with E-state index in [2.05, 4.69) is 26.5 Å². The summed E-state index contributed by atoms with van der Waals surface area (Å²) in [5.41, 5.74) is 4.54. The summed E-state index contributed by atoms with van der Waals surface area (Å²) in [6, 6.07) is 21.3. The first kappa shape index (κ1) is 21.3. The standard InChI is InChI=1S/C23H19BrN2O4/c1-16-6-4-8-18(12-16)29-15-22(27)26-25-14-17-7-5-9-19(13-17)30-23(28)20-10-2-3-11-21(20)24/h2-14H,15H2,1H3,(H,26,27)/b25-14-. The normalized spacial score (nSPS) is 10.6. The summed E-state index contributed by atoms with van der Waals surface area (Å²) in [6.07, 6.45) is 1.46. The molecule has 0 bridgehead atoms. The van der Waals surface area contributed by atoms with E-state index < -0.39 is 5.97 Å². The van der Waals surface area contributed by atoms with Gasteiger partial charge in [0.1, 0.15) is 11.5 Å². The molecule has 0 aliphatic rings. The van der Waals surface area contributed by atoms with Gasteiger partial charge in [0.15, 0.2) is 6.61 Å². The maximum absolute atomic E-state index is 12.3. The average molecular weight is 467 g/mol. The van der Waals surface area contributed by atoms with E-state index in [4.69, 9.17) is 9.47 Å². The molecule has 0 unspecified atom stereocenters. The Morgan fingerprint density at radius 1 is 1.00 bits per heavy atom. The van der Waals surface area contributed by atoms with E-state index in [0.29, 0.717) is 27.1 Å². The van der Waals surface area contributed by atoms with Gasteiger partial charge in [-0.15, -0.1) is 0 Å². The number of aryl methyl sites for hydroxylation is 1. The number of carbonyl (C=O) groups is 2. The molecule has 30 heavy (non-hydrogen) atoms. The molecular formula is C23H19BrN2O4. The first-order valence-corrected chi connectivity index (χ1v) is 9.89. The van der Waals surface area contributed by atoms with Crippen LogP contribution in [0.4, 0.5) is 0 Å². The van der Waals surface area contributed by atoms with Crippen LogP contribution in [-0.2, 0) is 4.79 Å². The zero-order valence-electron chi connectivity index (χ0n) is 16.2. The van der Waals surface area contributed by atoms with Crippen molar-refractivity contribution in [3.63, 3.8) is 0 Å². The molecule has 0 spiro atoms. The first-order valence-electron chi connectivity index (χ1n) is 9.09. The second kappa shape index (κ2) is 10.4. The molecule has 1 amide bonds. The van der Waals surface area contributed by atoms with Crippen molar-refractivity contribution in [2.24, 2.45) is 5.10 Å². The molecule has 0 aliphatic carbocycles. The van der Waals surface area contributed by atoms with Gasteiger partial charge in [-0.3, -0.25) is 4.79 Å². The highest BCUT2D eigenvalue weighted by Gasteiger charge is 2.12. The van der Waals surface area contributed by atoms with E-state index in [1.165, 1.54) is 6.21 Å². The van der Waals surface area contributed by atoms with Gasteiger partial charge < -0.3 is 9.47 Å². The van der Waals surface area contributed by atoms with Crippen LogP contribution < -0.4 is 14.9 Å². The Labute approximate surface area is 182 Å². The average Bonchev–Trinajstić information content (AvgIpc) is 2.73. The molecule has 3 rings (SSSR count). The highest BCUT2D eigenvalue weighted by molar-refractivity contribution is 9.10. The third kappa shape index (κ3) is 6.28. The molecular weight excluding hydrogens is 448 g/mol. The summed E-state index contributed by atoms with van der Waals surface area (Å²) < 4.78 is 11.5. The zero-order chi connectivity index (χ0) is 21.3. The summed E-state index contributed by atoms with van der Waals surface area (Å²) in [6.45, 7) is 1.80. The number of hydrazone groups is 1. The number of ether oxygens (including phenoxy) is 2. The molecule has 0 atom stereocenters. The van der Waals surface area contributed by atoms with Gasteiger partial charge in [-0.1, -0.05) is 36.4 Å². The predicted octanol–water partition coefficient (Wildman–Crippen LogP) is 4.51. The van der Waals surface area contributed by atoms with Crippen molar-refractivity contribution < 1.29 is 19.1 Å². The molecule has 3 aromatic rings. The van der Waals surface area contributed by atoms with Crippen LogP contribution in [0.15, 0.2) is 82.4 Å². The predicted molar refractivity (Wildman–Crippen MR) is 118 cm³/mol.